The van der Waals surface area contributed by atoms with E-state index in [2.05, 4.69) is 16.3 Å². The lowest BCUT2D eigenvalue weighted by atomic mass is 10.1. The second kappa shape index (κ2) is 8.91. The van der Waals surface area contributed by atoms with Gasteiger partial charge in [0.1, 0.15) is 6.07 Å². The molecule has 0 unspecified atom stereocenters. The second-order valence-corrected chi connectivity index (χ2v) is 6.33. The number of urea groups is 1. The molecule has 7 heteroatoms. The molecule has 1 N–H and O–H groups in total. The van der Waals surface area contributed by atoms with E-state index in [1.165, 1.54) is 0 Å². The molecule has 0 saturated carbocycles. The van der Waals surface area contributed by atoms with Crippen LogP contribution in [0.3, 0.4) is 0 Å². The molecule has 28 heavy (non-hydrogen) atoms. The van der Waals surface area contributed by atoms with Crippen molar-refractivity contribution in [1.82, 2.24) is 4.90 Å². The maximum atomic E-state index is 12.5. The van der Waals surface area contributed by atoms with Crippen LogP contribution in [0.1, 0.15) is 22.8 Å². The highest BCUT2D eigenvalue weighted by molar-refractivity contribution is 5.92. The third-order valence-electron chi connectivity index (χ3n) is 4.58. The summed E-state index contributed by atoms with van der Waals surface area (Å²) in [5, 5.41) is 12.1. The molecule has 1 aliphatic heterocycles. The molecule has 2 aromatic carbocycles. The van der Waals surface area contributed by atoms with Crippen LogP contribution >= 0.6 is 0 Å². The minimum Gasteiger partial charge on any atom is -0.462 e. The Balaban J connectivity index is 1.55. The lowest BCUT2D eigenvalue weighted by molar-refractivity contribution is 0.0526. The Kier molecular flexibility index (Phi) is 6.12. The fraction of sp³-hybridized carbons (Fsp3) is 0.286. The Bertz CT molecular complexity index is 881. The van der Waals surface area contributed by atoms with Crippen LogP contribution in [-0.2, 0) is 4.74 Å². The molecule has 0 radical (unpaired) electrons. The molecule has 0 spiro atoms. The van der Waals surface area contributed by atoms with E-state index in [-0.39, 0.29) is 12.0 Å². The van der Waals surface area contributed by atoms with Gasteiger partial charge in [0, 0.05) is 31.9 Å². The van der Waals surface area contributed by atoms with Crippen molar-refractivity contribution in [1.29, 1.82) is 5.26 Å². The van der Waals surface area contributed by atoms with Crippen LogP contribution < -0.4 is 10.2 Å². The smallest absolute Gasteiger partial charge is 0.338 e. The number of rotatable bonds is 4. The van der Waals surface area contributed by atoms with Gasteiger partial charge in [0.15, 0.2) is 0 Å². The van der Waals surface area contributed by atoms with Crippen molar-refractivity contribution < 1.29 is 14.3 Å². The van der Waals surface area contributed by atoms with Crippen molar-refractivity contribution in [3.63, 3.8) is 0 Å². The molecule has 144 valence electrons. The number of hydrogen-bond acceptors (Lipinski definition) is 5. The maximum Gasteiger partial charge on any atom is 0.338 e. The summed E-state index contributed by atoms with van der Waals surface area (Å²) in [5.74, 6) is -0.380. The number of benzene rings is 2. The topological polar surface area (TPSA) is 85.7 Å². The van der Waals surface area contributed by atoms with E-state index < -0.39 is 0 Å². The van der Waals surface area contributed by atoms with Gasteiger partial charge < -0.3 is 19.9 Å². The molecule has 1 fully saturated rings. The van der Waals surface area contributed by atoms with Crippen LogP contribution in [0.5, 0.6) is 0 Å². The van der Waals surface area contributed by atoms with Crippen molar-refractivity contribution in [3.8, 4) is 6.07 Å². The van der Waals surface area contributed by atoms with Crippen molar-refractivity contribution in [2.75, 3.05) is 43.0 Å². The first-order chi connectivity index (χ1) is 13.6. The quantitative estimate of drug-likeness (QED) is 0.827. The summed E-state index contributed by atoms with van der Waals surface area (Å²) in [5.41, 5.74) is 2.61. The van der Waals surface area contributed by atoms with Crippen molar-refractivity contribution in [2.45, 2.75) is 6.92 Å². The van der Waals surface area contributed by atoms with E-state index in [9.17, 15) is 14.9 Å². The number of carbonyl (C=O) groups is 2. The minimum absolute atomic E-state index is 0.183. The predicted molar refractivity (Wildman–Crippen MR) is 106 cm³/mol. The zero-order valence-electron chi connectivity index (χ0n) is 15.7. The van der Waals surface area contributed by atoms with Gasteiger partial charge in [-0.2, -0.15) is 5.26 Å². The second-order valence-electron chi connectivity index (χ2n) is 6.33. The first-order valence-corrected chi connectivity index (χ1v) is 9.19. The molecule has 2 amide bonds. The fourth-order valence-corrected chi connectivity index (χ4v) is 3.10. The number of ether oxygens (including phenoxy) is 1. The molecule has 1 saturated heterocycles. The summed E-state index contributed by atoms with van der Waals surface area (Å²) in [4.78, 5) is 28.0. The summed E-state index contributed by atoms with van der Waals surface area (Å²) < 4.78 is 4.95. The van der Waals surface area contributed by atoms with E-state index in [1.807, 2.05) is 18.2 Å². The number of nitrogens with one attached hydrogen (secondary N) is 1. The van der Waals surface area contributed by atoms with Gasteiger partial charge in [-0.3, -0.25) is 0 Å². The van der Waals surface area contributed by atoms with Gasteiger partial charge in [0.05, 0.1) is 23.4 Å². The average molecular weight is 378 g/mol. The van der Waals surface area contributed by atoms with Crippen molar-refractivity contribution in [2.24, 2.45) is 0 Å². The normalized spacial score (nSPS) is 13.6. The predicted octanol–water partition coefficient (Wildman–Crippen LogP) is 3.09. The van der Waals surface area contributed by atoms with Gasteiger partial charge in [0.2, 0.25) is 0 Å². The minimum atomic E-state index is -0.380. The van der Waals surface area contributed by atoms with Gasteiger partial charge in [-0.05, 0) is 43.3 Å². The molecule has 0 aliphatic carbocycles. The number of nitriles is 1. The Morgan fingerprint density at radius 1 is 1.07 bits per heavy atom. The summed E-state index contributed by atoms with van der Waals surface area (Å²) in [6, 6.07) is 16.1. The summed E-state index contributed by atoms with van der Waals surface area (Å²) >= 11 is 0. The summed E-state index contributed by atoms with van der Waals surface area (Å²) in [7, 11) is 0. The zero-order chi connectivity index (χ0) is 19.9. The van der Waals surface area contributed by atoms with Crippen LogP contribution in [0.15, 0.2) is 48.5 Å². The average Bonchev–Trinajstić information content (AvgIpc) is 2.74. The Morgan fingerprint density at radius 3 is 2.39 bits per heavy atom. The zero-order valence-corrected chi connectivity index (χ0v) is 15.7. The van der Waals surface area contributed by atoms with Crippen LogP contribution in [0, 0.1) is 11.3 Å². The number of nitrogens with zero attached hydrogens (tertiary/aromatic N) is 3. The molecule has 0 atom stereocenters. The highest BCUT2D eigenvalue weighted by atomic mass is 16.5. The number of hydrogen-bond donors (Lipinski definition) is 1. The van der Waals surface area contributed by atoms with E-state index in [0.29, 0.717) is 49.6 Å². The molecule has 0 aromatic heterocycles. The molecule has 0 bridgehead atoms. The number of anilines is 2. The lowest BCUT2D eigenvalue weighted by Gasteiger charge is -2.36. The third-order valence-corrected chi connectivity index (χ3v) is 4.58. The highest BCUT2D eigenvalue weighted by Crippen LogP contribution is 2.21. The molecule has 1 heterocycles. The van der Waals surface area contributed by atoms with Crippen LogP contribution in [0.25, 0.3) is 0 Å². The van der Waals surface area contributed by atoms with E-state index in [1.54, 1.807) is 42.2 Å². The van der Waals surface area contributed by atoms with Gasteiger partial charge >= 0.3 is 12.0 Å². The number of amides is 2. The van der Waals surface area contributed by atoms with Crippen LogP contribution in [-0.4, -0.2) is 49.7 Å². The maximum absolute atomic E-state index is 12.5. The van der Waals surface area contributed by atoms with Crippen molar-refractivity contribution in [3.05, 3.63) is 59.7 Å². The molecule has 7 nitrogen and oxygen atoms in total. The number of piperazine rings is 1. The lowest BCUT2D eigenvalue weighted by Crippen LogP contribution is -2.50. The summed E-state index contributed by atoms with van der Waals surface area (Å²) in [6.45, 7) is 4.52. The molecule has 2 aromatic rings. The van der Waals surface area contributed by atoms with Crippen molar-refractivity contribution >= 4 is 23.4 Å². The highest BCUT2D eigenvalue weighted by Gasteiger charge is 2.22. The fourth-order valence-electron chi connectivity index (χ4n) is 3.10. The molecule has 1 aliphatic rings. The monoisotopic (exact) mass is 378 g/mol. The van der Waals surface area contributed by atoms with E-state index in [0.717, 1.165) is 5.69 Å². The third kappa shape index (κ3) is 4.41. The Labute approximate surface area is 164 Å². The van der Waals surface area contributed by atoms with Gasteiger partial charge in [-0.1, -0.05) is 12.1 Å². The first kappa shape index (κ1) is 19.2. The Hall–Kier alpha value is -3.53. The SMILES string of the molecule is CCOC(=O)c1ccc(NC(=O)N2CCN(c3ccccc3C#N)CC2)cc1. The standard InChI is InChI=1S/C21H22N4O3/c1-2-28-20(26)16-7-9-18(10-8-16)23-21(27)25-13-11-24(12-14-25)19-6-4-3-5-17(19)15-22/h3-10H,2,11-14H2,1H3,(H,23,27). The number of esters is 1. The van der Waals surface area contributed by atoms with Gasteiger partial charge in [0.25, 0.3) is 0 Å². The molecular formula is C21H22N4O3. The Morgan fingerprint density at radius 2 is 1.75 bits per heavy atom. The van der Waals surface area contributed by atoms with E-state index >= 15 is 0 Å². The largest absolute Gasteiger partial charge is 0.462 e. The number of para-hydroxylation sites is 1. The van der Waals surface area contributed by atoms with Gasteiger partial charge in [-0.25, -0.2) is 9.59 Å². The molecule has 3 rings (SSSR count). The van der Waals surface area contributed by atoms with Crippen LogP contribution in [0.2, 0.25) is 0 Å². The van der Waals surface area contributed by atoms with Gasteiger partial charge in [-0.15, -0.1) is 0 Å². The first-order valence-electron chi connectivity index (χ1n) is 9.19. The van der Waals surface area contributed by atoms with E-state index in [4.69, 9.17) is 4.74 Å². The number of carbonyl (C=O) groups excluding carboxylic acids is 2. The van der Waals surface area contributed by atoms with Crippen LogP contribution in [0.4, 0.5) is 16.2 Å². The molecular weight excluding hydrogens is 356 g/mol. The summed E-state index contributed by atoms with van der Waals surface area (Å²) in [6.07, 6.45) is 0.